The van der Waals surface area contributed by atoms with E-state index in [2.05, 4.69) is 20.8 Å². The normalized spacial score (nSPS) is 21.2. The highest BCUT2D eigenvalue weighted by Gasteiger charge is 2.31. The van der Waals surface area contributed by atoms with Gasteiger partial charge in [0.15, 0.2) is 9.84 Å². The van der Waals surface area contributed by atoms with Gasteiger partial charge < -0.3 is 10.6 Å². The van der Waals surface area contributed by atoms with E-state index in [9.17, 15) is 13.2 Å². The molecule has 0 aliphatic carbocycles. The summed E-state index contributed by atoms with van der Waals surface area (Å²) in [5, 5.41) is 13.5. The number of hydrogen-bond donors (Lipinski definition) is 2. The van der Waals surface area contributed by atoms with E-state index in [0.29, 0.717) is 24.5 Å². The molecule has 1 fully saturated rings. The number of aromatic nitrogens is 2. The second-order valence-corrected chi connectivity index (χ2v) is 7.66. The maximum atomic E-state index is 11.8. The minimum atomic E-state index is -3.03. The third kappa shape index (κ3) is 3.41. The SMILES string of the molecule is CCNc1nnc(C(=O)NCC2CCCS2(=O)=O)s1. The fourth-order valence-corrected chi connectivity index (χ4v) is 4.40. The van der Waals surface area contributed by atoms with Crippen LogP contribution in [0.4, 0.5) is 5.13 Å². The zero-order valence-electron chi connectivity index (χ0n) is 10.5. The summed E-state index contributed by atoms with van der Waals surface area (Å²) in [6.07, 6.45) is 1.29. The zero-order chi connectivity index (χ0) is 13.9. The first-order valence-electron chi connectivity index (χ1n) is 6.10. The number of anilines is 1. The molecule has 1 aromatic rings. The molecular formula is C10H16N4O3S2. The van der Waals surface area contributed by atoms with Gasteiger partial charge in [0.05, 0.1) is 11.0 Å². The van der Waals surface area contributed by atoms with Crippen molar-refractivity contribution in [3.63, 3.8) is 0 Å². The van der Waals surface area contributed by atoms with Crippen LogP contribution in [0.25, 0.3) is 0 Å². The summed E-state index contributed by atoms with van der Waals surface area (Å²) in [5.41, 5.74) is 0. The van der Waals surface area contributed by atoms with Gasteiger partial charge in [-0.3, -0.25) is 4.79 Å². The summed E-state index contributed by atoms with van der Waals surface area (Å²) in [7, 11) is -3.03. The highest BCUT2D eigenvalue weighted by Crippen LogP contribution is 2.19. The van der Waals surface area contributed by atoms with Crippen molar-refractivity contribution in [1.82, 2.24) is 15.5 Å². The lowest BCUT2D eigenvalue weighted by Gasteiger charge is -2.09. The molecule has 1 aliphatic heterocycles. The quantitative estimate of drug-likeness (QED) is 0.810. The first-order chi connectivity index (χ1) is 9.03. The molecule has 0 bridgehead atoms. The fraction of sp³-hybridized carbons (Fsp3) is 0.700. The molecule has 0 radical (unpaired) electrons. The number of hydrogen-bond acceptors (Lipinski definition) is 7. The Morgan fingerprint density at radius 2 is 2.26 bits per heavy atom. The number of carbonyl (C=O) groups is 1. The van der Waals surface area contributed by atoms with Crippen LogP contribution in [0, 0.1) is 0 Å². The Labute approximate surface area is 115 Å². The average Bonchev–Trinajstić information content (AvgIpc) is 2.93. The van der Waals surface area contributed by atoms with Gasteiger partial charge in [-0.1, -0.05) is 11.3 Å². The molecule has 1 unspecified atom stereocenters. The van der Waals surface area contributed by atoms with E-state index in [1.54, 1.807) is 0 Å². The van der Waals surface area contributed by atoms with E-state index in [1.165, 1.54) is 0 Å². The standard InChI is InChI=1S/C10H16N4O3S2/c1-2-11-10-14-13-9(18-10)8(15)12-6-7-4-3-5-19(7,16)17/h7H,2-6H2,1H3,(H,11,14)(H,12,15). The molecule has 2 rings (SSSR count). The van der Waals surface area contributed by atoms with Gasteiger partial charge in [0.2, 0.25) is 10.1 Å². The van der Waals surface area contributed by atoms with Crippen LogP contribution < -0.4 is 10.6 Å². The van der Waals surface area contributed by atoms with Gasteiger partial charge in [0, 0.05) is 13.1 Å². The Bertz CT molecular complexity index is 555. The van der Waals surface area contributed by atoms with Crippen LogP contribution in [0.3, 0.4) is 0 Å². The third-order valence-corrected chi connectivity index (χ3v) is 6.06. The molecule has 1 atom stereocenters. The molecule has 1 aromatic heterocycles. The second-order valence-electron chi connectivity index (χ2n) is 4.28. The molecule has 19 heavy (non-hydrogen) atoms. The highest BCUT2D eigenvalue weighted by atomic mass is 32.2. The lowest BCUT2D eigenvalue weighted by Crippen LogP contribution is -2.34. The lowest BCUT2D eigenvalue weighted by atomic mass is 10.2. The number of nitrogens with one attached hydrogen (secondary N) is 2. The van der Waals surface area contributed by atoms with Crippen molar-refractivity contribution in [1.29, 1.82) is 0 Å². The molecule has 7 nitrogen and oxygen atoms in total. The predicted octanol–water partition coefficient (Wildman–Crippen LogP) is 0.277. The molecule has 1 saturated heterocycles. The molecule has 0 aromatic carbocycles. The summed E-state index contributed by atoms with van der Waals surface area (Å²) in [6.45, 7) is 2.78. The number of rotatable bonds is 5. The van der Waals surface area contributed by atoms with Crippen LogP contribution >= 0.6 is 11.3 Å². The molecule has 0 spiro atoms. The van der Waals surface area contributed by atoms with E-state index >= 15 is 0 Å². The van der Waals surface area contributed by atoms with Crippen molar-refractivity contribution in [3.05, 3.63) is 5.01 Å². The molecule has 9 heteroatoms. The van der Waals surface area contributed by atoms with E-state index in [-0.39, 0.29) is 23.2 Å². The van der Waals surface area contributed by atoms with Crippen molar-refractivity contribution >= 4 is 32.2 Å². The monoisotopic (exact) mass is 304 g/mol. The van der Waals surface area contributed by atoms with Crippen molar-refractivity contribution < 1.29 is 13.2 Å². The highest BCUT2D eigenvalue weighted by molar-refractivity contribution is 7.92. The second kappa shape index (κ2) is 5.83. The van der Waals surface area contributed by atoms with Crippen molar-refractivity contribution in [2.45, 2.75) is 25.0 Å². The van der Waals surface area contributed by atoms with E-state index in [4.69, 9.17) is 0 Å². The first-order valence-corrected chi connectivity index (χ1v) is 8.63. The molecule has 1 aliphatic rings. The molecule has 2 heterocycles. The minimum absolute atomic E-state index is 0.150. The smallest absolute Gasteiger partial charge is 0.282 e. The van der Waals surface area contributed by atoms with E-state index < -0.39 is 15.1 Å². The Hall–Kier alpha value is -1.22. The Kier molecular flexibility index (Phi) is 4.35. The van der Waals surface area contributed by atoms with Gasteiger partial charge in [0.25, 0.3) is 5.91 Å². The van der Waals surface area contributed by atoms with Gasteiger partial charge in [-0.2, -0.15) is 0 Å². The summed E-state index contributed by atoms with van der Waals surface area (Å²) >= 11 is 1.15. The van der Waals surface area contributed by atoms with E-state index in [1.807, 2.05) is 6.92 Å². The average molecular weight is 304 g/mol. The van der Waals surface area contributed by atoms with Gasteiger partial charge in [0.1, 0.15) is 0 Å². The topological polar surface area (TPSA) is 101 Å². The fourth-order valence-electron chi connectivity index (χ4n) is 1.91. The van der Waals surface area contributed by atoms with Crippen LogP contribution in [-0.4, -0.2) is 48.6 Å². The summed E-state index contributed by atoms with van der Waals surface area (Å²) < 4.78 is 23.2. The summed E-state index contributed by atoms with van der Waals surface area (Å²) in [5.74, 6) is -0.152. The Balaban J connectivity index is 1.90. The summed E-state index contributed by atoms with van der Waals surface area (Å²) in [6, 6.07) is 0. The van der Waals surface area contributed by atoms with Crippen LogP contribution in [-0.2, 0) is 9.84 Å². The third-order valence-electron chi connectivity index (χ3n) is 2.90. The zero-order valence-corrected chi connectivity index (χ0v) is 12.2. The van der Waals surface area contributed by atoms with Gasteiger partial charge in [-0.15, -0.1) is 10.2 Å². The van der Waals surface area contributed by atoms with Gasteiger partial charge in [-0.05, 0) is 19.8 Å². The number of nitrogens with zero attached hydrogens (tertiary/aromatic N) is 2. The van der Waals surface area contributed by atoms with E-state index in [0.717, 1.165) is 11.3 Å². The van der Waals surface area contributed by atoms with Crippen LogP contribution in [0.15, 0.2) is 0 Å². The van der Waals surface area contributed by atoms with Crippen molar-refractivity contribution in [3.8, 4) is 0 Å². The largest absolute Gasteiger partial charge is 0.360 e. The maximum Gasteiger partial charge on any atom is 0.282 e. The predicted molar refractivity (Wildman–Crippen MR) is 73.2 cm³/mol. The Morgan fingerprint density at radius 3 is 2.89 bits per heavy atom. The maximum absolute atomic E-state index is 11.8. The number of carbonyl (C=O) groups excluding carboxylic acids is 1. The van der Waals surface area contributed by atoms with Crippen LogP contribution in [0.5, 0.6) is 0 Å². The molecule has 0 saturated carbocycles. The molecule has 1 amide bonds. The lowest BCUT2D eigenvalue weighted by molar-refractivity contribution is 0.0952. The van der Waals surface area contributed by atoms with Gasteiger partial charge >= 0.3 is 0 Å². The molecule has 2 N–H and O–H groups in total. The van der Waals surface area contributed by atoms with Crippen LogP contribution in [0.1, 0.15) is 29.6 Å². The first kappa shape index (κ1) is 14.2. The molecule has 106 valence electrons. The minimum Gasteiger partial charge on any atom is -0.360 e. The van der Waals surface area contributed by atoms with Crippen molar-refractivity contribution in [2.24, 2.45) is 0 Å². The molecular weight excluding hydrogens is 288 g/mol. The van der Waals surface area contributed by atoms with Gasteiger partial charge in [-0.25, -0.2) is 8.42 Å². The Morgan fingerprint density at radius 1 is 1.47 bits per heavy atom. The van der Waals surface area contributed by atoms with Crippen LogP contribution in [0.2, 0.25) is 0 Å². The number of amides is 1. The number of sulfone groups is 1. The summed E-state index contributed by atoms with van der Waals surface area (Å²) in [4.78, 5) is 11.8. The van der Waals surface area contributed by atoms with Crippen molar-refractivity contribution in [2.75, 3.05) is 24.2 Å².